The number of rotatable bonds is 9. The fraction of sp³-hybridized carbons (Fsp3) is 0.560. The molecule has 0 unspecified atom stereocenters. The van der Waals surface area contributed by atoms with E-state index in [1.54, 1.807) is 6.07 Å². The van der Waals surface area contributed by atoms with Crippen molar-refractivity contribution in [3.8, 4) is 17.2 Å². The van der Waals surface area contributed by atoms with Crippen LogP contribution in [0, 0.1) is 25.7 Å². The van der Waals surface area contributed by atoms with Crippen LogP contribution in [0.15, 0.2) is 16.5 Å². The number of alkyl halides is 2. The van der Waals surface area contributed by atoms with E-state index in [4.69, 9.17) is 9.15 Å². The molecule has 3 aromatic rings. The van der Waals surface area contributed by atoms with Crippen molar-refractivity contribution in [3.05, 3.63) is 23.5 Å². The van der Waals surface area contributed by atoms with E-state index in [2.05, 4.69) is 25.6 Å². The molecule has 0 aromatic carbocycles. The summed E-state index contributed by atoms with van der Waals surface area (Å²) in [5, 5.41) is 27.8. The van der Waals surface area contributed by atoms with Gasteiger partial charge in [-0.1, -0.05) is 0 Å². The average Bonchev–Trinajstić information content (AvgIpc) is 3.49. The molecular formula is C25H32ClF2N5O4. The van der Waals surface area contributed by atoms with E-state index >= 15 is 0 Å². The summed E-state index contributed by atoms with van der Waals surface area (Å²) in [6.45, 7) is 6.75. The average molecular weight is 540 g/mol. The third kappa shape index (κ3) is 5.58. The van der Waals surface area contributed by atoms with Crippen LogP contribution in [-0.2, 0) is 0 Å². The number of halogens is 3. The van der Waals surface area contributed by atoms with Crippen LogP contribution in [0.2, 0.25) is 0 Å². The largest absolute Gasteiger partial charge is 0.478 e. The topological polar surface area (TPSA) is 126 Å². The normalized spacial score (nSPS) is 23.4. The van der Waals surface area contributed by atoms with Gasteiger partial charge in [0.05, 0.1) is 41.6 Å². The van der Waals surface area contributed by atoms with E-state index in [1.165, 1.54) is 0 Å². The highest BCUT2D eigenvalue weighted by Gasteiger charge is 2.46. The number of nitrogens with one attached hydrogen (secondary N) is 2. The van der Waals surface area contributed by atoms with Gasteiger partial charge in [-0.05, 0) is 52.0 Å². The van der Waals surface area contributed by atoms with Gasteiger partial charge in [0.1, 0.15) is 17.7 Å². The molecule has 3 aromatic heterocycles. The van der Waals surface area contributed by atoms with Gasteiger partial charge in [0.2, 0.25) is 18.3 Å². The Morgan fingerprint density at radius 1 is 1.11 bits per heavy atom. The molecule has 0 aliphatic heterocycles. The Bertz CT molecular complexity index is 1260. The summed E-state index contributed by atoms with van der Waals surface area (Å²) in [6.07, 6.45) is -3.43. The number of aliphatic hydroxyl groups is 2. The van der Waals surface area contributed by atoms with Crippen molar-refractivity contribution in [2.75, 3.05) is 23.8 Å². The van der Waals surface area contributed by atoms with Gasteiger partial charge in [0.25, 0.3) is 0 Å². The number of fused-ring (bicyclic) bond motifs is 1. The Morgan fingerprint density at radius 2 is 1.86 bits per heavy atom. The highest BCUT2D eigenvalue weighted by Crippen LogP contribution is 2.39. The molecule has 2 aliphatic carbocycles. The number of ether oxygens (including phenoxy) is 1. The molecule has 3 heterocycles. The quantitative estimate of drug-likeness (QED) is 0.314. The molecule has 2 fully saturated rings. The maximum absolute atomic E-state index is 13.4. The summed E-state index contributed by atoms with van der Waals surface area (Å²) in [5.74, 6) is 0.957. The molecule has 0 bridgehead atoms. The number of aryl methyl sites for hydroxylation is 2. The molecule has 0 amide bonds. The number of nitrogens with zero attached hydrogens (tertiary/aromatic N) is 3. The smallest absolute Gasteiger partial charge is 0.244 e. The molecule has 0 saturated heterocycles. The minimum absolute atomic E-state index is 0. The highest BCUT2D eigenvalue weighted by molar-refractivity contribution is 5.88. The number of aliphatic hydroxyl groups excluding tert-OH is 2. The van der Waals surface area contributed by atoms with Crippen LogP contribution in [0.5, 0.6) is 5.88 Å². The van der Waals surface area contributed by atoms with Gasteiger partial charge >= 0.3 is 0 Å². The van der Waals surface area contributed by atoms with E-state index < -0.39 is 30.6 Å². The van der Waals surface area contributed by atoms with Gasteiger partial charge in [-0.25, -0.2) is 18.7 Å². The molecule has 0 spiro atoms. The van der Waals surface area contributed by atoms with Crippen molar-refractivity contribution in [2.45, 2.75) is 64.7 Å². The van der Waals surface area contributed by atoms with Crippen LogP contribution in [0.3, 0.4) is 0 Å². The van der Waals surface area contributed by atoms with Gasteiger partial charge in [-0.15, -0.1) is 12.4 Å². The second-order valence-corrected chi connectivity index (χ2v) is 9.65. The van der Waals surface area contributed by atoms with Crippen molar-refractivity contribution >= 4 is 35.1 Å². The number of hydrogen-bond acceptors (Lipinski definition) is 9. The van der Waals surface area contributed by atoms with Crippen molar-refractivity contribution in [2.24, 2.45) is 11.8 Å². The summed E-state index contributed by atoms with van der Waals surface area (Å²) in [4.78, 5) is 13.7. The molecule has 202 valence electrons. The van der Waals surface area contributed by atoms with Crippen LogP contribution in [0.1, 0.15) is 37.6 Å². The molecular weight excluding hydrogens is 508 g/mol. The molecule has 0 radical (unpaired) electrons. The lowest BCUT2D eigenvalue weighted by Crippen LogP contribution is -2.36. The maximum Gasteiger partial charge on any atom is 0.244 e. The van der Waals surface area contributed by atoms with E-state index in [9.17, 15) is 19.0 Å². The zero-order valence-electron chi connectivity index (χ0n) is 20.9. The molecule has 4 atom stereocenters. The molecule has 2 saturated carbocycles. The monoisotopic (exact) mass is 539 g/mol. The number of anilines is 2. The fourth-order valence-electron chi connectivity index (χ4n) is 4.77. The van der Waals surface area contributed by atoms with Gasteiger partial charge in [0.15, 0.2) is 5.58 Å². The Morgan fingerprint density at radius 3 is 2.51 bits per heavy atom. The van der Waals surface area contributed by atoms with Gasteiger partial charge in [-0.3, -0.25) is 0 Å². The Kier molecular flexibility index (Phi) is 8.05. The second-order valence-electron chi connectivity index (χ2n) is 9.65. The molecule has 12 heteroatoms. The van der Waals surface area contributed by atoms with E-state index in [-0.39, 0.29) is 18.8 Å². The maximum atomic E-state index is 13.4. The van der Waals surface area contributed by atoms with Crippen molar-refractivity contribution < 1.29 is 28.1 Å². The lowest BCUT2D eigenvalue weighted by Gasteiger charge is -2.21. The predicted molar refractivity (Wildman–Crippen MR) is 138 cm³/mol. The summed E-state index contributed by atoms with van der Waals surface area (Å²) < 4.78 is 38.5. The molecule has 9 nitrogen and oxygen atoms in total. The van der Waals surface area contributed by atoms with Crippen LogP contribution < -0.4 is 15.4 Å². The number of aromatic nitrogens is 3. The SMILES string of the molecule is CCOc1cc2cc(-c3c(C)nc(NCC4CC4)nc3N[C@@H]3C[C@H](C(F)F)[C@@H](O)[C@H]3O)oc2c(C)n1.Cl. The van der Waals surface area contributed by atoms with Crippen molar-refractivity contribution in [1.82, 2.24) is 15.0 Å². The fourth-order valence-corrected chi connectivity index (χ4v) is 4.77. The first-order chi connectivity index (χ1) is 17.2. The lowest BCUT2D eigenvalue weighted by molar-refractivity contribution is -0.0333. The van der Waals surface area contributed by atoms with Crippen molar-refractivity contribution in [1.29, 1.82) is 0 Å². The summed E-state index contributed by atoms with van der Waals surface area (Å²) >= 11 is 0. The summed E-state index contributed by atoms with van der Waals surface area (Å²) in [7, 11) is 0. The predicted octanol–water partition coefficient (Wildman–Crippen LogP) is 4.33. The van der Waals surface area contributed by atoms with E-state index in [0.29, 0.717) is 58.5 Å². The van der Waals surface area contributed by atoms with Gasteiger partial charge in [-0.2, -0.15) is 4.98 Å². The Balaban J connectivity index is 0.00000320. The van der Waals surface area contributed by atoms with Crippen LogP contribution >= 0.6 is 12.4 Å². The molecule has 2 aliphatic rings. The van der Waals surface area contributed by atoms with E-state index in [1.807, 2.05) is 26.8 Å². The Labute approximate surface area is 219 Å². The minimum atomic E-state index is -2.74. The number of pyridine rings is 1. The zero-order valence-corrected chi connectivity index (χ0v) is 21.7. The number of furan rings is 1. The lowest BCUT2D eigenvalue weighted by atomic mass is 10.1. The summed E-state index contributed by atoms with van der Waals surface area (Å²) in [5.41, 5.74) is 2.40. The standard InChI is InChI=1S/C25H31F2N5O4.ClH/c1-4-35-18-8-14-7-17(36-22(14)12(3)29-18)19-11(2)30-25(28-10-13-5-6-13)32-24(19)31-16-9-15(23(26)27)20(33)21(16)34;/h7-8,13,15-16,20-21,23,33-34H,4-6,9-10H2,1-3H3,(H2,28,30,31,32);1H/t15-,16+,20+,21-;/m0./s1. The Hall–Kier alpha value is -2.76. The van der Waals surface area contributed by atoms with Gasteiger partial charge in [0, 0.05) is 18.0 Å². The first-order valence-electron chi connectivity index (χ1n) is 12.3. The third-order valence-corrected chi connectivity index (χ3v) is 6.89. The van der Waals surface area contributed by atoms with Crippen LogP contribution in [0.4, 0.5) is 20.5 Å². The zero-order chi connectivity index (χ0) is 25.6. The van der Waals surface area contributed by atoms with Crippen LogP contribution in [-0.4, -0.2) is 63.0 Å². The van der Waals surface area contributed by atoms with Crippen LogP contribution in [0.25, 0.3) is 22.3 Å². The molecule has 5 rings (SSSR count). The van der Waals surface area contributed by atoms with Crippen molar-refractivity contribution in [3.63, 3.8) is 0 Å². The van der Waals surface area contributed by atoms with Gasteiger partial charge < -0.3 is 30.0 Å². The first-order valence-corrected chi connectivity index (χ1v) is 12.3. The van der Waals surface area contributed by atoms with E-state index in [0.717, 1.165) is 24.8 Å². The highest BCUT2D eigenvalue weighted by atomic mass is 35.5. The molecule has 37 heavy (non-hydrogen) atoms. The number of hydrogen-bond donors (Lipinski definition) is 4. The summed E-state index contributed by atoms with van der Waals surface area (Å²) in [6, 6.07) is 2.81. The third-order valence-electron chi connectivity index (χ3n) is 6.89. The minimum Gasteiger partial charge on any atom is -0.478 e. The second kappa shape index (κ2) is 10.9. The first kappa shape index (κ1) is 27.3. The molecule has 4 N–H and O–H groups in total.